The molecule has 0 radical (unpaired) electrons. The minimum absolute atomic E-state index is 0.165. The van der Waals surface area contributed by atoms with Gasteiger partial charge in [-0.15, -0.1) is 0 Å². The second kappa shape index (κ2) is 6.52. The molecule has 0 amide bonds. The topological polar surface area (TPSA) is 58.6 Å². The van der Waals surface area contributed by atoms with Crippen LogP contribution in [0.3, 0.4) is 0 Å². The van der Waals surface area contributed by atoms with E-state index in [4.69, 9.17) is 4.74 Å². The molecule has 0 aromatic heterocycles. The molecule has 1 atom stereocenters. The molecule has 0 bridgehead atoms. The van der Waals surface area contributed by atoms with E-state index < -0.39 is 17.3 Å². The zero-order valence-electron chi connectivity index (χ0n) is 11.5. The van der Waals surface area contributed by atoms with Crippen molar-refractivity contribution in [3.05, 3.63) is 29.6 Å². The molecule has 0 saturated heterocycles. The highest BCUT2D eigenvalue weighted by molar-refractivity contribution is 5.78. The number of rotatable bonds is 7. The molecule has 0 heterocycles. The van der Waals surface area contributed by atoms with Crippen LogP contribution in [0.1, 0.15) is 32.3 Å². The summed E-state index contributed by atoms with van der Waals surface area (Å²) in [5.74, 6) is -0.893. The van der Waals surface area contributed by atoms with Gasteiger partial charge in [0.15, 0.2) is 0 Å². The van der Waals surface area contributed by atoms with Crippen LogP contribution in [0.25, 0.3) is 0 Å². The third-order valence-corrected chi connectivity index (χ3v) is 3.15. The maximum Gasteiger partial charge on any atom is 0.323 e. The molecule has 1 rings (SSSR count). The van der Waals surface area contributed by atoms with Crippen molar-refractivity contribution in [2.75, 3.05) is 7.11 Å². The average Bonchev–Trinajstić information content (AvgIpc) is 2.37. The third kappa shape index (κ3) is 3.92. The predicted molar refractivity (Wildman–Crippen MR) is 70.7 cm³/mol. The number of aliphatic carboxylic acids is 1. The van der Waals surface area contributed by atoms with Gasteiger partial charge < -0.3 is 9.84 Å². The van der Waals surface area contributed by atoms with E-state index >= 15 is 0 Å². The SMILES string of the molecule is CCCC(C)(NCc1ccc(OC)cc1F)C(=O)O. The van der Waals surface area contributed by atoms with Gasteiger partial charge in [-0.1, -0.05) is 19.4 Å². The van der Waals surface area contributed by atoms with Crippen LogP contribution in [0.2, 0.25) is 0 Å². The number of ether oxygens (including phenoxy) is 1. The van der Waals surface area contributed by atoms with Crippen LogP contribution in [0, 0.1) is 5.82 Å². The number of nitrogens with one attached hydrogen (secondary N) is 1. The lowest BCUT2D eigenvalue weighted by atomic mass is 9.96. The maximum atomic E-state index is 13.7. The van der Waals surface area contributed by atoms with Crippen LogP contribution in [0.15, 0.2) is 18.2 Å². The molecule has 0 aliphatic carbocycles. The summed E-state index contributed by atoms with van der Waals surface area (Å²) in [7, 11) is 1.47. The van der Waals surface area contributed by atoms with Crippen molar-refractivity contribution in [2.45, 2.75) is 38.8 Å². The van der Waals surface area contributed by atoms with Crippen LogP contribution < -0.4 is 10.1 Å². The Kier molecular flexibility index (Phi) is 5.30. The first-order valence-corrected chi connectivity index (χ1v) is 6.23. The lowest BCUT2D eigenvalue weighted by Gasteiger charge is -2.26. The number of halogens is 1. The van der Waals surface area contributed by atoms with E-state index in [1.54, 1.807) is 19.1 Å². The number of benzene rings is 1. The van der Waals surface area contributed by atoms with Crippen LogP contribution in [-0.2, 0) is 11.3 Å². The monoisotopic (exact) mass is 269 g/mol. The fraction of sp³-hybridized carbons (Fsp3) is 0.500. The van der Waals surface area contributed by atoms with E-state index in [1.165, 1.54) is 13.2 Å². The quantitative estimate of drug-likeness (QED) is 0.798. The Bertz CT molecular complexity index is 450. The van der Waals surface area contributed by atoms with Crippen LogP contribution in [0.5, 0.6) is 5.75 Å². The predicted octanol–water partition coefficient (Wildman–Crippen LogP) is 2.57. The molecule has 2 N–H and O–H groups in total. The van der Waals surface area contributed by atoms with Gasteiger partial charge in [-0.05, 0) is 19.4 Å². The van der Waals surface area contributed by atoms with Crippen molar-refractivity contribution in [3.63, 3.8) is 0 Å². The molecule has 0 aliphatic rings. The van der Waals surface area contributed by atoms with E-state index in [1.807, 2.05) is 6.92 Å². The second-order valence-corrected chi connectivity index (χ2v) is 4.70. The standard InChI is InChI=1S/C14H20FNO3/c1-4-7-14(2,13(17)18)16-9-10-5-6-11(19-3)8-12(10)15/h5-6,8,16H,4,7,9H2,1-3H3,(H,17,18). The molecule has 0 spiro atoms. The molecule has 5 heteroatoms. The summed E-state index contributed by atoms with van der Waals surface area (Å²) in [4.78, 5) is 11.2. The van der Waals surface area contributed by atoms with E-state index in [9.17, 15) is 14.3 Å². The molecule has 0 aliphatic heterocycles. The molecule has 1 unspecified atom stereocenters. The maximum absolute atomic E-state index is 13.7. The van der Waals surface area contributed by atoms with Crippen molar-refractivity contribution >= 4 is 5.97 Å². The minimum Gasteiger partial charge on any atom is -0.497 e. The van der Waals surface area contributed by atoms with E-state index in [2.05, 4.69) is 5.32 Å². The Morgan fingerprint density at radius 2 is 2.21 bits per heavy atom. The molecule has 0 fully saturated rings. The molecule has 4 nitrogen and oxygen atoms in total. The van der Waals surface area contributed by atoms with Gasteiger partial charge in [-0.25, -0.2) is 4.39 Å². The van der Waals surface area contributed by atoms with Gasteiger partial charge in [0.2, 0.25) is 0 Å². The summed E-state index contributed by atoms with van der Waals surface area (Å²) in [5.41, 5.74) is -0.620. The fourth-order valence-corrected chi connectivity index (χ4v) is 1.86. The lowest BCUT2D eigenvalue weighted by molar-refractivity contribution is -0.144. The Labute approximate surface area is 112 Å². The minimum atomic E-state index is -1.04. The summed E-state index contributed by atoms with van der Waals surface area (Å²) in [6.45, 7) is 3.69. The van der Waals surface area contributed by atoms with Gasteiger partial charge in [-0.2, -0.15) is 0 Å². The molecular weight excluding hydrogens is 249 g/mol. The summed E-state index contributed by atoms with van der Waals surface area (Å²) >= 11 is 0. The molecular formula is C14H20FNO3. The zero-order valence-corrected chi connectivity index (χ0v) is 11.5. The highest BCUT2D eigenvalue weighted by Crippen LogP contribution is 2.18. The summed E-state index contributed by atoms with van der Waals surface area (Å²) in [6, 6.07) is 4.53. The normalized spacial score (nSPS) is 13.9. The van der Waals surface area contributed by atoms with Gasteiger partial charge in [0.05, 0.1) is 7.11 Å². The van der Waals surface area contributed by atoms with Crippen molar-refractivity contribution in [1.82, 2.24) is 5.32 Å². The molecule has 1 aromatic rings. The van der Waals surface area contributed by atoms with Gasteiger partial charge >= 0.3 is 5.97 Å². The average molecular weight is 269 g/mol. The van der Waals surface area contributed by atoms with E-state index in [0.29, 0.717) is 17.7 Å². The number of hydrogen-bond donors (Lipinski definition) is 2. The lowest BCUT2D eigenvalue weighted by Crippen LogP contribution is -2.49. The van der Waals surface area contributed by atoms with Crippen molar-refractivity contribution < 1.29 is 19.0 Å². The van der Waals surface area contributed by atoms with E-state index in [-0.39, 0.29) is 6.54 Å². The van der Waals surface area contributed by atoms with Gasteiger partial charge in [0, 0.05) is 18.2 Å². The van der Waals surface area contributed by atoms with Crippen molar-refractivity contribution in [2.24, 2.45) is 0 Å². The van der Waals surface area contributed by atoms with Crippen molar-refractivity contribution in [1.29, 1.82) is 0 Å². The van der Waals surface area contributed by atoms with Crippen LogP contribution >= 0.6 is 0 Å². The van der Waals surface area contributed by atoms with Gasteiger partial charge in [0.25, 0.3) is 0 Å². The summed E-state index contributed by atoms with van der Waals surface area (Å²) in [5, 5.41) is 12.1. The second-order valence-electron chi connectivity index (χ2n) is 4.70. The van der Waals surface area contributed by atoms with Crippen LogP contribution in [-0.4, -0.2) is 23.7 Å². The number of carboxylic acids is 1. The highest BCUT2D eigenvalue weighted by atomic mass is 19.1. The Morgan fingerprint density at radius 3 is 2.68 bits per heavy atom. The largest absolute Gasteiger partial charge is 0.497 e. The summed E-state index contributed by atoms with van der Waals surface area (Å²) in [6.07, 6.45) is 1.22. The Hall–Kier alpha value is -1.62. The molecule has 1 aromatic carbocycles. The Balaban J connectivity index is 2.77. The number of carbonyl (C=O) groups is 1. The van der Waals surface area contributed by atoms with Gasteiger partial charge in [0.1, 0.15) is 17.1 Å². The number of carboxylic acid groups (broad SMARTS) is 1. The van der Waals surface area contributed by atoms with Crippen LogP contribution in [0.4, 0.5) is 4.39 Å². The number of methoxy groups -OCH3 is 1. The first kappa shape index (κ1) is 15.4. The van der Waals surface area contributed by atoms with Gasteiger partial charge in [-0.3, -0.25) is 10.1 Å². The third-order valence-electron chi connectivity index (χ3n) is 3.15. The first-order chi connectivity index (χ1) is 8.92. The fourth-order valence-electron chi connectivity index (χ4n) is 1.86. The molecule has 19 heavy (non-hydrogen) atoms. The molecule has 106 valence electrons. The van der Waals surface area contributed by atoms with Crippen molar-refractivity contribution in [3.8, 4) is 5.75 Å². The molecule has 0 saturated carbocycles. The van der Waals surface area contributed by atoms with E-state index in [0.717, 1.165) is 6.42 Å². The highest BCUT2D eigenvalue weighted by Gasteiger charge is 2.31. The summed E-state index contributed by atoms with van der Waals surface area (Å²) < 4.78 is 18.6. The smallest absolute Gasteiger partial charge is 0.323 e. The number of hydrogen-bond acceptors (Lipinski definition) is 3. The Morgan fingerprint density at radius 1 is 1.53 bits per heavy atom. The zero-order chi connectivity index (χ0) is 14.5. The first-order valence-electron chi connectivity index (χ1n) is 6.23.